The zero-order valence-electron chi connectivity index (χ0n) is 10.2. The van der Waals surface area contributed by atoms with E-state index in [4.69, 9.17) is 4.74 Å². The molecule has 2 atom stereocenters. The lowest BCUT2D eigenvalue weighted by atomic mass is 9.92. The third-order valence-corrected chi connectivity index (χ3v) is 3.98. The van der Waals surface area contributed by atoms with Crippen LogP contribution in [-0.2, 0) is 4.74 Å². The van der Waals surface area contributed by atoms with Crippen molar-refractivity contribution in [3.05, 3.63) is 0 Å². The molecule has 0 aromatic heterocycles. The summed E-state index contributed by atoms with van der Waals surface area (Å²) in [4.78, 5) is 0. The van der Waals surface area contributed by atoms with Gasteiger partial charge in [0.15, 0.2) is 0 Å². The van der Waals surface area contributed by atoms with Gasteiger partial charge in [-0.1, -0.05) is 13.8 Å². The molecule has 2 rings (SSSR count). The Bertz CT molecular complexity index is 197. The van der Waals surface area contributed by atoms with Gasteiger partial charge in [-0.05, 0) is 50.0 Å². The van der Waals surface area contributed by atoms with Crippen LogP contribution in [-0.4, -0.2) is 25.8 Å². The van der Waals surface area contributed by atoms with Crippen LogP contribution in [0.5, 0.6) is 0 Å². The third kappa shape index (κ3) is 3.46. The van der Waals surface area contributed by atoms with Gasteiger partial charge >= 0.3 is 0 Å². The van der Waals surface area contributed by atoms with Crippen molar-refractivity contribution in [2.45, 2.75) is 52.0 Å². The molecule has 1 aliphatic heterocycles. The van der Waals surface area contributed by atoms with E-state index in [-0.39, 0.29) is 0 Å². The van der Waals surface area contributed by atoms with E-state index in [1.165, 1.54) is 38.6 Å². The Morgan fingerprint density at radius 2 is 2.20 bits per heavy atom. The first-order valence-electron chi connectivity index (χ1n) is 6.47. The predicted molar refractivity (Wildman–Crippen MR) is 63.0 cm³/mol. The number of ether oxygens (including phenoxy) is 1. The molecule has 2 heteroatoms. The average molecular weight is 211 g/mol. The van der Waals surface area contributed by atoms with E-state index in [1.54, 1.807) is 0 Å². The largest absolute Gasteiger partial charge is 0.381 e. The van der Waals surface area contributed by atoms with Crippen LogP contribution in [0.15, 0.2) is 0 Å². The van der Waals surface area contributed by atoms with E-state index in [0.29, 0.717) is 5.41 Å². The molecule has 0 aromatic carbocycles. The fraction of sp³-hybridized carbons (Fsp3) is 1.00. The van der Waals surface area contributed by atoms with E-state index in [2.05, 4.69) is 19.2 Å². The lowest BCUT2D eigenvalue weighted by molar-refractivity contribution is 0.184. The van der Waals surface area contributed by atoms with Crippen LogP contribution in [0.25, 0.3) is 0 Å². The third-order valence-electron chi connectivity index (χ3n) is 3.98. The standard InChI is InChI=1S/C13H25NO/c1-13(2)6-3-12(9-13)14-7-4-11-5-8-15-10-11/h11-12,14H,3-10H2,1-2H3. The predicted octanol–water partition coefficient (Wildman–Crippen LogP) is 2.58. The van der Waals surface area contributed by atoms with Crippen LogP contribution in [0.1, 0.15) is 46.0 Å². The monoisotopic (exact) mass is 211 g/mol. The van der Waals surface area contributed by atoms with Crippen LogP contribution >= 0.6 is 0 Å². The van der Waals surface area contributed by atoms with Crippen LogP contribution in [0.4, 0.5) is 0 Å². The Morgan fingerprint density at radius 3 is 2.80 bits per heavy atom. The van der Waals surface area contributed by atoms with Crippen LogP contribution in [0.3, 0.4) is 0 Å². The molecule has 1 heterocycles. The summed E-state index contributed by atoms with van der Waals surface area (Å²) in [5, 5.41) is 3.71. The molecule has 1 N–H and O–H groups in total. The first-order chi connectivity index (χ1) is 7.16. The lowest BCUT2D eigenvalue weighted by Crippen LogP contribution is -2.29. The molecule has 2 nitrogen and oxygen atoms in total. The maximum Gasteiger partial charge on any atom is 0.0495 e. The second-order valence-corrected chi connectivity index (χ2v) is 6.08. The molecule has 1 saturated heterocycles. The summed E-state index contributed by atoms with van der Waals surface area (Å²) in [7, 11) is 0. The van der Waals surface area contributed by atoms with E-state index in [0.717, 1.165) is 25.2 Å². The van der Waals surface area contributed by atoms with Crippen molar-refractivity contribution in [3.63, 3.8) is 0 Å². The maximum absolute atomic E-state index is 5.38. The van der Waals surface area contributed by atoms with Crippen molar-refractivity contribution < 1.29 is 4.74 Å². The Kier molecular flexibility index (Phi) is 3.68. The quantitative estimate of drug-likeness (QED) is 0.771. The van der Waals surface area contributed by atoms with Gasteiger partial charge in [0, 0.05) is 19.3 Å². The van der Waals surface area contributed by atoms with E-state index < -0.39 is 0 Å². The van der Waals surface area contributed by atoms with E-state index in [1.807, 2.05) is 0 Å². The highest BCUT2D eigenvalue weighted by Crippen LogP contribution is 2.36. The molecule has 1 saturated carbocycles. The molecule has 2 fully saturated rings. The highest BCUT2D eigenvalue weighted by Gasteiger charge is 2.30. The molecule has 0 radical (unpaired) electrons. The van der Waals surface area contributed by atoms with Crippen molar-refractivity contribution in [2.24, 2.45) is 11.3 Å². The topological polar surface area (TPSA) is 21.3 Å². The molecule has 2 aliphatic rings. The Morgan fingerprint density at radius 1 is 1.33 bits per heavy atom. The van der Waals surface area contributed by atoms with Gasteiger partial charge in [-0.15, -0.1) is 0 Å². The maximum atomic E-state index is 5.38. The van der Waals surface area contributed by atoms with Gasteiger partial charge in [0.1, 0.15) is 0 Å². The normalized spacial score (nSPS) is 34.8. The van der Waals surface area contributed by atoms with Crippen molar-refractivity contribution in [1.29, 1.82) is 0 Å². The second kappa shape index (κ2) is 4.84. The Hall–Kier alpha value is -0.0800. The lowest BCUT2D eigenvalue weighted by Gasteiger charge is -2.18. The van der Waals surface area contributed by atoms with Crippen LogP contribution in [0.2, 0.25) is 0 Å². The molecular formula is C13H25NO. The molecule has 2 unspecified atom stereocenters. The molecule has 0 aromatic rings. The van der Waals surface area contributed by atoms with Crippen molar-refractivity contribution in [1.82, 2.24) is 5.32 Å². The first-order valence-corrected chi connectivity index (χ1v) is 6.47. The van der Waals surface area contributed by atoms with Gasteiger partial charge in [0.05, 0.1) is 0 Å². The van der Waals surface area contributed by atoms with Crippen LogP contribution in [0, 0.1) is 11.3 Å². The summed E-state index contributed by atoms with van der Waals surface area (Å²) in [5.41, 5.74) is 0.578. The fourth-order valence-corrected chi connectivity index (χ4v) is 2.91. The van der Waals surface area contributed by atoms with Gasteiger partial charge < -0.3 is 10.1 Å². The van der Waals surface area contributed by atoms with E-state index in [9.17, 15) is 0 Å². The smallest absolute Gasteiger partial charge is 0.0495 e. The summed E-state index contributed by atoms with van der Waals surface area (Å²) in [6.45, 7) is 7.95. The summed E-state index contributed by atoms with van der Waals surface area (Å²) in [6.07, 6.45) is 6.69. The molecule has 1 aliphatic carbocycles. The first kappa shape index (κ1) is 11.4. The molecule has 15 heavy (non-hydrogen) atoms. The van der Waals surface area contributed by atoms with E-state index >= 15 is 0 Å². The summed E-state index contributed by atoms with van der Waals surface area (Å²) in [5.74, 6) is 0.826. The fourth-order valence-electron chi connectivity index (χ4n) is 2.91. The van der Waals surface area contributed by atoms with Gasteiger partial charge in [-0.2, -0.15) is 0 Å². The number of nitrogens with one attached hydrogen (secondary N) is 1. The zero-order chi connectivity index (χ0) is 10.7. The summed E-state index contributed by atoms with van der Waals surface area (Å²) >= 11 is 0. The summed E-state index contributed by atoms with van der Waals surface area (Å²) < 4.78 is 5.38. The zero-order valence-corrected chi connectivity index (χ0v) is 10.2. The minimum absolute atomic E-state index is 0.578. The van der Waals surface area contributed by atoms with Crippen molar-refractivity contribution >= 4 is 0 Å². The van der Waals surface area contributed by atoms with Gasteiger partial charge in [-0.25, -0.2) is 0 Å². The number of hydrogen-bond acceptors (Lipinski definition) is 2. The Labute approximate surface area is 93.8 Å². The van der Waals surface area contributed by atoms with Gasteiger partial charge in [0.2, 0.25) is 0 Å². The highest BCUT2D eigenvalue weighted by molar-refractivity contribution is 4.86. The second-order valence-electron chi connectivity index (χ2n) is 6.08. The highest BCUT2D eigenvalue weighted by atomic mass is 16.5. The molecule has 0 spiro atoms. The minimum atomic E-state index is 0.578. The Balaban J connectivity index is 1.58. The molecule has 0 bridgehead atoms. The van der Waals surface area contributed by atoms with Gasteiger partial charge in [0.25, 0.3) is 0 Å². The molecule has 88 valence electrons. The number of rotatable bonds is 4. The van der Waals surface area contributed by atoms with Gasteiger partial charge in [-0.3, -0.25) is 0 Å². The van der Waals surface area contributed by atoms with Crippen molar-refractivity contribution in [2.75, 3.05) is 19.8 Å². The average Bonchev–Trinajstić information content (AvgIpc) is 2.76. The molecular weight excluding hydrogens is 186 g/mol. The minimum Gasteiger partial charge on any atom is -0.381 e. The number of hydrogen-bond donors (Lipinski definition) is 1. The van der Waals surface area contributed by atoms with Crippen LogP contribution < -0.4 is 5.32 Å². The summed E-state index contributed by atoms with van der Waals surface area (Å²) in [6, 6.07) is 0.780. The molecule has 0 amide bonds. The SMILES string of the molecule is CC1(C)CCC(NCCC2CCOC2)C1. The van der Waals surface area contributed by atoms with Crippen molar-refractivity contribution in [3.8, 4) is 0 Å².